The minimum Gasteiger partial charge on any atom is -0.258 e. The molecular formula is C6H3N3O2S. The zero-order valence-electron chi connectivity index (χ0n) is 5.80. The average Bonchev–Trinajstić information content (AvgIpc) is 2.05. The van der Waals surface area contributed by atoms with Crippen LogP contribution in [-0.4, -0.2) is 9.91 Å². The Morgan fingerprint density at radius 3 is 3.08 bits per heavy atom. The maximum Gasteiger partial charge on any atom is 0.302 e. The molecule has 0 fully saturated rings. The summed E-state index contributed by atoms with van der Waals surface area (Å²) in [6.45, 7) is 0. The summed E-state index contributed by atoms with van der Waals surface area (Å²) in [7, 11) is 0. The summed E-state index contributed by atoms with van der Waals surface area (Å²) in [4.78, 5) is 13.7. The van der Waals surface area contributed by atoms with E-state index in [4.69, 9.17) is 5.26 Å². The summed E-state index contributed by atoms with van der Waals surface area (Å²) in [6, 6.07) is 1.44. The Morgan fingerprint density at radius 1 is 1.75 bits per heavy atom. The van der Waals surface area contributed by atoms with Gasteiger partial charge in [0.15, 0.2) is 0 Å². The van der Waals surface area contributed by atoms with Crippen LogP contribution in [0.5, 0.6) is 0 Å². The highest BCUT2D eigenvalue weighted by Gasteiger charge is 2.12. The second-order valence-electron chi connectivity index (χ2n) is 1.79. The maximum absolute atomic E-state index is 10.3. The van der Waals surface area contributed by atoms with E-state index < -0.39 is 4.92 Å². The first-order valence-electron chi connectivity index (χ1n) is 2.90. The van der Waals surface area contributed by atoms with Gasteiger partial charge >= 0.3 is 5.69 Å². The van der Waals surface area contributed by atoms with Crippen molar-refractivity contribution in [3.63, 3.8) is 0 Å². The lowest BCUT2D eigenvalue weighted by Gasteiger charge is -1.93. The number of thioether (sulfide) groups is 1. The van der Waals surface area contributed by atoms with Crippen molar-refractivity contribution in [3.05, 3.63) is 28.6 Å². The number of thiocyanates is 1. The van der Waals surface area contributed by atoms with Gasteiger partial charge < -0.3 is 0 Å². The fourth-order valence-corrected chi connectivity index (χ4v) is 1.11. The predicted molar refractivity (Wildman–Crippen MR) is 42.4 cm³/mol. The molecule has 0 bridgehead atoms. The van der Waals surface area contributed by atoms with E-state index in [0.29, 0.717) is 4.90 Å². The molecule has 12 heavy (non-hydrogen) atoms. The quantitative estimate of drug-likeness (QED) is 0.299. The van der Waals surface area contributed by atoms with Crippen molar-refractivity contribution < 1.29 is 4.92 Å². The van der Waals surface area contributed by atoms with Crippen molar-refractivity contribution in [2.24, 2.45) is 0 Å². The highest BCUT2D eigenvalue weighted by Crippen LogP contribution is 2.26. The van der Waals surface area contributed by atoms with Gasteiger partial charge in [-0.2, -0.15) is 5.26 Å². The Labute approximate surface area is 72.2 Å². The van der Waals surface area contributed by atoms with Gasteiger partial charge in [-0.25, -0.2) is 0 Å². The van der Waals surface area contributed by atoms with Crippen LogP contribution in [0.15, 0.2) is 23.4 Å². The number of nitro groups is 1. The molecule has 60 valence electrons. The Kier molecular flexibility index (Phi) is 2.61. The molecule has 0 spiro atoms. The van der Waals surface area contributed by atoms with Gasteiger partial charge in [0.2, 0.25) is 0 Å². The van der Waals surface area contributed by atoms with Crippen LogP contribution in [0.3, 0.4) is 0 Å². The molecule has 0 saturated heterocycles. The largest absolute Gasteiger partial charge is 0.302 e. The molecule has 6 heteroatoms. The molecule has 0 aliphatic rings. The van der Waals surface area contributed by atoms with Crippen molar-refractivity contribution in [1.29, 1.82) is 5.26 Å². The minimum atomic E-state index is -0.563. The second-order valence-corrected chi connectivity index (χ2v) is 2.62. The van der Waals surface area contributed by atoms with Crippen molar-refractivity contribution in [1.82, 2.24) is 4.98 Å². The van der Waals surface area contributed by atoms with Gasteiger partial charge in [-0.15, -0.1) is 0 Å². The Morgan fingerprint density at radius 2 is 2.50 bits per heavy atom. The molecule has 0 saturated carbocycles. The fraction of sp³-hybridized carbons (Fsp3) is 0. The normalized spacial score (nSPS) is 8.92. The molecule has 5 nitrogen and oxygen atoms in total. The molecule has 1 heterocycles. The average molecular weight is 181 g/mol. The second kappa shape index (κ2) is 3.69. The number of nitrogens with zero attached hydrogens (tertiary/aromatic N) is 3. The number of nitriles is 1. The highest BCUT2D eigenvalue weighted by atomic mass is 32.2. The monoisotopic (exact) mass is 181 g/mol. The molecule has 0 radical (unpaired) electrons. The van der Waals surface area contributed by atoms with E-state index >= 15 is 0 Å². The van der Waals surface area contributed by atoms with E-state index in [2.05, 4.69) is 4.98 Å². The first-order valence-corrected chi connectivity index (χ1v) is 3.71. The predicted octanol–water partition coefficient (Wildman–Crippen LogP) is 1.56. The molecule has 0 N–H and O–H groups in total. The van der Waals surface area contributed by atoms with E-state index in [1.807, 2.05) is 0 Å². The summed E-state index contributed by atoms with van der Waals surface area (Å²) in [6.07, 6.45) is 2.53. The van der Waals surface area contributed by atoms with Crippen LogP contribution in [0.25, 0.3) is 0 Å². The van der Waals surface area contributed by atoms with Crippen molar-refractivity contribution in [2.45, 2.75) is 4.90 Å². The van der Waals surface area contributed by atoms with E-state index in [0.717, 1.165) is 18.0 Å². The van der Waals surface area contributed by atoms with Crippen molar-refractivity contribution in [2.75, 3.05) is 0 Å². The number of aromatic nitrogens is 1. The Balaban J connectivity index is 3.10. The maximum atomic E-state index is 10.3. The molecule has 0 unspecified atom stereocenters. The van der Waals surface area contributed by atoms with Gasteiger partial charge in [0, 0.05) is 6.20 Å². The Bertz CT molecular complexity index is 347. The molecule has 0 aromatic carbocycles. The van der Waals surface area contributed by atoms with E-state index in [-0.39, 0.29) is 5.69 Å². The third-order valence-electron chi connectivity index (χ3n) is 1.11. The first kappa shape index (κ1) is 8.49. The summed E-state index contributed by atoms with van der Waals surface area (Å²) in [5.74, 6) is 0. The van der Waals surface area contributed by atoms with Crippen LogP contribution >= 0.6 is 11.8 Å². The SMILES string of the molecule is N#CSc1ccncc1[N+](=O)[O-]. The van der Waals surface area contributed by atoms with E-state index in [1.165, 1.54) is 12.3 Å². The zero-order valence-corrected chi connectivity index (χ0v) is 6.61. The highest BCUT2D eigenvalue weighted by molar-refractivity contribution is 8.03. The van der Waals surface area contributed by atoms with Crippen molar-refractivity contribution >= 4 is 17.4 Å². The van der Waals surface area contributed by atoms with Crippen LogP contribution in [0.4, 0.5) is 5.69 Å². The summed E-state index contributed by atoms with van der Waals surface area (Å²) >= 11 is 0.754. The molecule has 0 atom stereocenters. The van der Waals surface area contributed by atoms with Crippen LogP contribution in [0, 0.1) is 20.8 Å². The van der Waals surface area contributed by atoms with Crippen LogP contribution < -0.4 is 0 Å². The van der Waals surface area contributed by atoms with E-state index in [1.54, 1.807) is 5.40 Å². The first-order chi connectivity index (χ1) is 5.75. The molecule has 1 aromatic rings. The third-order valence-corrected chi connectivity index (χ3v) is 1.77. The Hall–Kier alpha value is -1.61. The fourth-order valence-electron chi connectivity index (χ4n) is 0.646. The number of rotatable bonds is 2. The number of hydrogen-bond acceptors (Lipinski definition) is 5. The summed E-state index contributed by atoms with van der Waals surface area (Å²) in [5.41, 5.74) is -0.135. The summed E-state index contributed by atoms with van der Waals surface area (Å²) in [5, 5.41) is 20.4. The van der Waals surface area contributed by atoms with Gasteiger partial charge in [0.05, 0.1) is 4.92 Å². The molecule has 1 rings (SSSR count). The smallest absolute Gasteiger partial charge is 0.258 e. The van der Waals surface area contributed by atoms with Crippen LogP contribution in [-0.2, 0) is 0 Å². The van der Waals surface area contributed by atoms with E-state index in [9.17, 15) is 10.1 Å². The van der Waals surface area contributed by atoms with Crippen LogP contribution in [0.1, 0.15) is 0 Å². The topological polar surface area (TPSA) is 79.8 Å². The molecular weight excluding hydrogens is 178 g/mol. The lowest BCUT2D eigenvalue weighted by Crippen LogP contribution is -1.90. The standard InChI is InChI=1S/C6H3N3O2S/c7-4-12-6-1-2-8-3-5(6)9(10)11/h1-3H. The van der Waals surface area contributed by atoms with Crippen LogP contribution in [0.2, 0.25) is 0 Å². The van der Waals surface area contributed by atoms with Gasteiger partial charge in [-0.1, -0.05) is 0 Å². The lowest BCUT2D eigenvalue weighted by molar-refractivity contribution is -0.388. The lowest BCUT2D eigenvalue weighted by atomic mass is 10.4. The minimum absolute atomic E-state index is 0.135. The third kappa shape index (κ3) is 1.71. The van der Waals surface area contributed by atoms with Gasteiger partial charge in [-0.05, 0) is 17.8 Å². The number of hydrogen-bond donors (Lipinski definition) is 0. The molecule has 0 amide bonds. The van der Waals surface area contributed by atoms with Gasteiger partial charge in [0.25, 0.3) is 0 Å². The van der Waals surface area contributed by atoms with Crippen molar-refractivity contribution in [3.8, 4) is 5.40 Å². The molecule has 1 aromatic heterocycles. The zero-order chi connectivity index (χ0) is 8.97. The van der Waals surface area contributed by atoms with Gasteiger partial charge in [-0.3, -0.25) is 15.1 Å². The summed E-state index contributed by atoms with van der Waals surface area (Å²) < 4.78 is 0. The number of pyridine rings is 1. The van der Waals surface area contributed by atoms with Gasteiger partial charge in [0.1, 0.15) is 16.5 Å². The molecule has 0 aliphatic heterocycles. The molecule has 0 aliphatic carbocycles.